The van der Waals surface area contributed by atoms with Gasteiger partial charge in [0, 0.05) is 23.6 Å². The van der Waals surface area contributed by atoms with Gasteiger partial charge in [-0.1, -0.05) is 20.3 Å². The van der Waals surface area contributed by atoms with E-state index >= 15 is 0 Å². The van der Waals surface area contributed by atoms with Gasteiger partial charge in [-0.15, -0.1) is 0 Å². The van der Waals surface area contributed by atoms with Gasteiger partial charge >= 0.3 is 0 Å². The lowest BCUT2D eigenvalue weighted by Crippen LogP contribution is -2.25. The Balaban J connectivity index is 3.05. The van der Waals surface area contributed by atoms with Crippen LogP contribution in [-0.2, 0) is 5.60 Å². The summed E-state index contributed by atoms with van der Waals surface area (Å²) in [5.41, 5.74) is 6.38. The van der Waals surface area contributed by atoms with Crippen LogP contribution in [0.4, 0.5) is 5.69 Å². The van der Waals surface area contributed by atoms with Crippen LogP contribution in [0, 0.1) is 0 Å². The quantitative estimate of drug-likeness (QED) is 0.771. The highest BCUT2D eigenvalue weighted by Gasteiger charge is 2.28. The number of aromatic nitrogens is 1. The molecule has 0 saturated carbocycles. The minimum absolute atomic E-state index is 0.623. The fraction of sp³-hybridized carbons (Fsp3) is 0.545. The Bertz CT molecular complexity index is 301. The fourth-order valence-corrected chi connectivity index (χ4v) is 1.71. The van der Waals surface area contributed by atoms with Crippen molar-refractivity contribution in [3.63, 3.8) is 0 Å². The maximum atomic E-state index is 10.4. The van der Waals surface area contributed by atoms with Crippen LogP contribution in [0.5, 0.6) is 0 Å². The Hall–Kier alpha value is -1.09. The second-order valence-corrected chi connectivity index (χ2v) is 3.60. The molecule has 78 valence electrons. The highest BCUT2D eigenvalue weighted by molar-refractivity contribution is 5.47. The zero-order valence-corrected chi connectivity index (χ0v) is 8.83. The van der Waals surface area contributed by atoms with Gasteiger partial charge in [-0.05, 0) is 18.9 Å². The number of nitrogens with zero attached hydrogens (tertiary/aromatic N) is 1. The minimum Gasteiger partial charge on any atom is -0.398 e. The molecule has 0 aliphatic rings. The number of aliphatic hydroxyl groups is 1. The predicted molar refractivity (Wildman–Crippen MR) is 57.7 cm³/mol. The van der Waals surface area contributed by atoms with Crippen molar-refractivity contribution in [2.75, 3.05) is 5.73 Å². The smallest absolute Gasteiger partial charge is 0.0928 e. The topological polar surface area (TPSA) is 59.1 Å². The molecule has 14 heavy (non-hydrogen) atoms. The molecule has 1 rings (SSSR count). The molecule has 0 bridgehead atoms. The van der Waals surface area contributed by atoms with E-state index in [0.29, 0.717) is 12.1 Å². The van der Waals surface area contributed by atoms with E-state index in [0.717, 1.165) is 18.4 Å². The first-order chi connectivity index (χ1) is 6.64. The summed E-state index contributed by atoms with van der Waals surface area (Å²) < 4.78 is 0. The van der Waals surface area contributed by atoms with Gasteiger partial charge < -0.3 is 10.8 Å². The molecule has 0 saturated heterocycles. The molecule has 1 heterocycles. The predicted octanol–water partition coefficient (Wildman–Crippen LogP) is 2.06. The summed E-state index contributed by atoms with van der Waals surface area (Å²) in [5.74, 6) is 0. The van der Waals surface area contributed by atoms with E-state index in [4.69, 9.17) is 5.73 Å². The maximum absolute atomic E-state index is 10.4. The number of pyridine rings is 1. The summed E-state index contributed by atoms with van der Waals surface area (Å²) in [4.78, 5) is 4.00. The average Bonchev–Trinajstić information content (AvgIpc) is 2.18. The summed E-state index contributed by atoms with van der Waals surface area (Å²) in [7, 11) is 0. The van der Waals surface area contributed by atoms with E-state index in [1.54, 1.807) is 18.5 Å². The summed E-state index contributed by atoms with van der Waals surface area (Å²) in [6.07, 6.45) is 5.62. The van der Waals surface area contributed by atoms with Crippen LogP contribution in [0.15, 0.2) is 18.5 Å². The van der Waals surface area contributed by atoms with Crippen LogP contribution in [-0.4, -0.2) is 10.1 Å². The molecule has 0 amide bonds. The van der Waals surface area contributed by atoms with Crippen LogP contribution in [0.25, 0.3) is 0 Å². The van der Waals surface area contributed by atoms with Gasteiger partial charge in [0.25, 0.3) is 0 Å². The molecule has 0 radical (unpaired) electrons. The standard InChI is InChI=1S/C11H18N2O/c1-3-6-11(14,4-2)9-8-13-7-5-10(9)12/h5,7-8,14H,3-4,6H2,1-2H3,(H2,12,13). The molecule has 1 aromatic heterocycles. The molecule has 3 nitrogen and oxygen atoms in total. The van der Waals surface area contributed by atoms with Crippen LogP contribution < -0.4 is 5.73 Å². The molecule has 1 aromatic rings. The Morgan fingerprint density at radius 3 is 2.71 bits per heavy atom. The van der Waals surface area contributed by atoms with E-state index in [2.05, 4.69) is 4.98 Å². The third-order valence-electron chi connectivity index (χ3n) is 2.60. The van der Waals surface area contributed by atoms with Crippen molar-refractivity contribution >= 4 is 5.69 Å². The van der Waals surface area contributed by atoms with Gasteiger partial charge in [0.15, 0.2) is 0 Å². The van der Waals surface area contributed by atoms with E-state index in [1.165, 1.54) is 0 Å². The molecule has 3 heteroatoms. The van der Waals surface area contributed by atoms with Gasteiger partial charge in [-0.25, -0.2) is 0 Å². The number of anilines is 1. The van der Waals surface area contributed by atoms with Crippen LogP contribution >= 0.6 is 0 Å². The second-order valence-electron chi connectivity index (χ2n) is 3.60. The molecular weight excluding hydrogens is 176 g/mol. The summed E-state index contributed by atoms with van der Waals surface area (Å²) in [5, 5.41) is 10.4. The molecule has 0 fully saturated rings. The number of rotatable bonds is 4. The van der Waals surface area contributed by atoms with E-state index in [9.17, 15) is 5.11 Å². The Morgan fingerprint density at radius 1 is 1.50 bits per heavy atom. The van der Waals surface area contributed by atoms with E-state index in [-0.39, 0.29) is 0 Å². The van der Waals surface area contributed by atoms with Gasteiger partial charge in [0.2, 0.25) is 0 Å². The van der Waals surface area contributed by atoms with Crippen molar-refractivity contribution in [1.82, 2.24) is 4.98 Å². The first-order valence-electron chi connectivity index (χ1n) is 5.06. The van der Waals surface area contributed by atoms with Crippen molar-refractivity contribution < 1.29 is 5.11 Å². The largest absolute Gasteiger partial charge is 0.398 e. The van der Waals surface area contributed by atoms with Crippen LogP contribution in [0.1, 0.15) is 38.7 Å². The van der Waals surface area contributed by atoms with Gasteiger partial charge in [-0.3, -0.25) is 4.98 Å². The van der Waals surface area contributed by atoms with E-state index < -0.39 is 5.60 Å². The highest BCUT2D eigenvalue weighted by Crippen LogP contribution is 2.32. The molecule has 3 N–H and O–H groups in total. The van der Waals surface area contributed by atoms with E-state index in [1.807, 2.05) is 13.8 Å². The maximum Gasteiger partial charge on any atom is 0.0928 e. The average molecular weight is 194 g/mol. The molecule has 0 aromatic carbocycles. The molecule has 0 aliphatic heterocycles. The Kier molecular flexibility index (Phi) is 3.47. The zero-order valence-electron chi connectivity index (χ0n) is 8.83. The lowest BCUT2D eigenvalue weighted by Gasteiger charge is -2.27. The summed E-state index contributed by atoms with van der Waals surface area (Å²) in [6, 6.07) is 1.73. The SMILES string of the molecule is CCCC(O)(CC)c1cnccc1N. The molecule has 1 unspecified atom stereocenters. The summed E-state index contributed by atoms with van der Waals surface area (Å²) in [6.45, 7) is 4.01. The number of hydrogen-bond donors (Lipinski definition) is 2. The monoisotopic (exact) mass is 194 g/mol. The Morgan fingerprint density at radius 2 is 2.21 bits per heavy atom. The first-order valence-corrected chi connectivity index (χ1v) is 5.06. The third kappa shape index (κ3) is 2.04. The third-order valence-corrected chi connectivity index (χ3v) is 2.60. The molecular formula is C11H18N2O. The van der Waals surface area contributed by atoms with Gasteiger partial charge in [0.05, 0.1) is 5.60 Å². The van der Waals surface area contributed by atoms with Crippen molar-refractivity contribution in [2.24, 2.45) is 0 Å². The second kappa shape index (κ2) is 4.42. The molecule has 0 spiro atoms. The number of hydrogen-bond acceptors (Lipinski definition) is 3. The van der Waals surface area contributed by atoms with Crippen LogP contribution in [0.3, 0.4) is 0 Å². The molecule has 0 aliphatic carbocycles. The van der Waals surface area contributed by atoms with Crippen LogP contribution in [0.2, 0.25) is 0 Å². The fourth-order valence-electron chi connectivity index (χ4n) is 1.71. The highest BCUT2D eigenvalue weighted by atomic mass is 16.3. The van der Waals surface area contributed by atoms with Gasteiger partial charge in [-0.2, -0.15) is 0 Å². The van der Waals surface area contributed by atoms with Crippen molar-refractivity contribution in [3.05, 3.63) is 24.0 Å². The number of nitrogens with two attached hydrogens (primary N) is 1. The normalized spacial score (nSPS) is 15.1. The van der Waals surface area contributed by atoms with Crippen molar-refractivity contribution in [2.45, 2.75) is 38.7 Å². The Labute approximate surface area is 85.0 Å². The van der Waals surface area contributed by atoms with Crippen molar-refractivity contribution in [1.29, 1.82) is 0 Å². The van der Waals surface area contributed by atoms with Crippen molar-refractivity contribution in [3.8, 4) is 0 Å². The zero-order chi connectivity index (χ0) is 10.6. The number of nitrogen functional groups attached to an aromatic ring is 1. The lowest BCUT2D eigenvalue weighted by atomic mass is 9.87. The lowest BCUT2D eigenvalue weighted by molar-refractivity contribution is 0.0230. The van der Waals surface area contributed by atoms with Gasteiger partial charge in [0.1, 0.15) is 0 Å². The minimum atomic E-state index is -0.812. The first kappa shape index (κ1) is 11.0. The molecule has 1 atom stereocenters. The summed E-state index contributed by atoms with van der Waals surface area (Å²) >= 11 is 0.